The van der Waals surface area contributed by atoms with Crippen molar-refractivity contribution in [3.63, 3.8) is 0 Å². The van der Waals surface area contributed by atoms with E-state index in [0.717, 1.165) is 26.7 Å². The van der Waals surface area contributed by atoms with E-state index in [-0.39, 0.29) is 6.04 Å². The number of nitrogens with zero attached hydrogens (tertiary/aromatic N) is 2. The van der Waals surface area contributed by atoms with Gasteiger partial charge in [0.05, 0.1) is 22.4 Å². The topological polar surface area (TPSA) is 43.8 Å². The van der Waals surface area contributed by atoms with Crippen LogP contribution >= 0.6 is 54.5 Å². The van der Waals surface area contributed by atoms with Crippen molar-refractivity contribution in [3.05, 3.63) is 48.2 Å². The second-order valence-electron chi connectivity index (χ2n) is 3.84. The Kier molecular flexibility index (Phi) is 4.85. The van der Waals surface area contributed by atoms with Crippen molar-refractivity contribution in [2.45, 2.75) is 19.5 Å². The zero-order valence-corrected chi connectivity index (χ0v) is 15.0. The Morgan fingerprint density at radius 2 is 2.11 bits per heavy atom. The molecule has 6 heteroatoms. The van der Waals surface area contributed by atoms with Gasteiger partial charge in [-0.15, -0.1) is 0 Å². The summed E-state index contributed by atoms with van der Waals surface area (Å²) in [6.07, 6.45) is 1.79. The molecule has 0 saturated heterocycles. The van der Waals surface area contributed by atoms with Gasteiger partial charge in [0, 0.05) is 14.6 Å². The molecule has 2 rings (SSSR count). The van der Waals surface area contributed by atoms with Gasteiger partial charge in [-0.3, -0.25) is 4.68 Å². The lowest BCUT2D eigenvalue weighted by Crippen LogP contribution is -2.18. The van der Waals surface area contributed by atoms with Crippen LogP contribution in [0, 0.1) is 3.57 Å². The Morgan fingerprint density at radius 1 is 1.39 bits per heavy atom. The summed E-state index contributed by atoms with van der Waals surface area (Å²) in [4.78, 5) is 0. The van der Waals surface area contributed by atoms with Gasteiger partial charge in [0.1, 0.15) is 0 Å². The molecule has 0 aliphatic carbocycles. The molecule has 1 aromatic heterocycles. The van der Waals surface area contributed by atoms with E-state index in [2.05, 4.69) is 72.5 Å². The molecular weight excluding hydrogens is 473 g/mol. The molecule has 1 atom stereocenters. The summed E-state index contributed by atoms with van der Waals surface area (Å²) in [5.74, 6) is 0. The number of aryl methyl sites for hydroxylation is 1. The first kappa shape index (κ1) is 14.5. The van der Waals surface area contributed by atoms with Gasteiger partial charge in [0.15, 0.2) is 0 Å². The molecule has 0 aliphatic rings. The first-order valence-corrected chi connectivity index (χ1v) is 8.12. The van der Waals surface area contributed by atoms with E-state index in [1.807, 2.05) is 16.8 Å². The summed E-state index contributed by atoms with van der Waals surface area (Å²) < 4.78 is 5.05. The highest BCUT2D eigenvalue weighted by Gasteiger charge is 2.19. The summed E-state index contributed by atoms with van der Waals surface area (Å²) in [7, 11) is 0. The highest BCUT2D eigenvalue weighted by molar-refractivity contribution is 14.1. The second kappa shape index (κ2) is 6.02. The molecular formula is C12H12Br2IN3. The van der Waals surface area contributed by atoms with E-state index >= 15 is 0 Å². The molecule has 0 saturated carbocycles. The summed E-state index contributed by atoms with van der Waals surface area (Å²) in [5, 5.41) is 4.31. The molecule has 3 nitrogen and oxygen atoms in total. The molecule has 0 bridgehead atoms. The number of hydrogen-bond donors (Lipinski definition) is 1. The Labute approximate surface area is 137 Å². The lowest BCUT2D eigenvalue weighted by atomic mass is 10.0. The van der Waals surface area contributed by atoms with Crippen molar-refractivity contribution in [2.24, 2.45) is 5.73 Å². The van der Waals surface area contributed by atoms with Crippen LogP contribution in [0.4, 0.5) is 0 Å². The fourth-order valence-electron chi connectivity index (χ4n) is 1.83. The summed E-state index contributed by atoms with van der Waals surface area (Å²) in [6, 6.07) is 5.96. The Morgan fingerprint density at radius 3 is 2.78 bits per heavy atom. The zero-order valence-electron chi connectivity index (χ0n) is 9.70. The Hall–Kier alpha value is 0.0800. The maximum Gasteiger partial charge on any atom is 0.0746 e. The van der Waals surface area contributed by atoms with Crippen LogP contribution in [-0.2, 0) is 6.54 Å². The molecule has 2 N–H and O–H groups in total. The third kappa shape index (κ3) is 2.81. The summed E-state index contributed by atoms with van der Waals surface area (Å²) in [6.45, 7) is 2.86. The van der Waals surface area contributed by atoms with Gasteiger partial charge < -0.3 is 5.73 Å². The van der Waals surface area contributed by atoms with Gasteiger partial charge >= 0.3 is 0 Å². The smallest absolute Gasteiger partial charge is 0.0746 e. The molecule has 96 valence electrons. The van der Waals surface area contributed by atoms with Gasteiger partial charge in [0.25, 0.3) is 0 Å². The molecule has 0 radical (unpaired) electrons. The molecule has 0 aliphatic heterocycles. The Bertz CT molecular complexity index is 568. The lowest BCUT2D eigenvalue weighted by molar-refractivity contribution is 0.599. The van der Waals surface area contributed by atoms with Crippen molar-refractivity contribution in [2.75, 3.05) is 0 Å². The maximum absolute atomic E-state index is 6.38. The third-order valence-electron chi connectivity index (χ3n) is 2.72. The molecule has 1 unspecified atom stereocenters. The van der Waals surface area contributed by atoms with Crippen molar-refractivity contribution in [1.82, 2.24) is 9.78 Å². The van der Waals surface area contributed by atoms with E-state index in [4.69, 9.17) is 5.73 Å². The van der Waals surface area contributed by atoms with Crippen LogP contribution in [0.25, 0.3) is 0 Å². The van der Waals surface area contributed by atoms with E-state index in [1.54, 1.807) is 6.20 Å². The summed E-state index contributed by atoms with van der Waals surface area (Å²) >= 11 is 9.37. The summed E-state index contributed by atoms with van der Waals surface area (Å²) in [5.41, 5.74) is 8.45. The molecule has 0 spiro atoms. The number of benzene rings is 1. The maximum atomic E-state index is 6.38. The molecule has 0 fully saturated rings. The third-order valence-corrected chi connectivity index (χ3v) is 4.72. The number of hydrogen-bond acceptors (Lipinski definition) is 2. The highest BCUT2D eigenvalue weighted by atomic mass is 127. The van der Waals surface area contributed by atoms with Crippen molar-refractivity contribution in [1.29, 1.82) is 0 Å². The lowest BCUT2D eigenvalue weighted by Gasteiger charge is -2.16. The van der Waals surface area contributed by atoms with Crippen LogP contribution in [0.15, 0.2) is 33.3 Å². The fourth-order valence-corrected chi connectivity index (χ4v) is 3.38. The quantitative estimate of drug-likeness (QED) is 0.667. The predicted molar refractivity (Wildman–Crippen MR) is 88.5 cm³/mol. The minimum Gasteiger partial charge on any atom is -0.319 e. The molecule has 18 heavy (non-hydrogen) atoms. The minimum absolute atomic E-state index is 0.203. The minimum atomic E-state index is -0.203. The Balaban J connectivity index is 2.50. The SMILES string of the molecule is CCn1ncc(Br)c1C(N)c1cc(I)ccc1Br. The van der Waals surface area contributed by atoms with Gasteiger partial charge in [-0.2, -0.15) is 5.10 Å². The van der Waals surface area contributed by atoms with Crippen LogP contribution in [0.5, 0.6) is 0 Å². The molecule has 1 heterocycles. The first-order valence-electron chi connectivity index (χ1n) is 5.46. The van der Waals surface area contributed by atoms with Crippen LogP contribution in [0.1, 0.15) is 24.2 Å². The molecule has 0 amide bonds. The molecule has 2 aromatic rings. The fraction of sp³-hybridized carbons (Fsp3) is 0.250. The zero-order chi connectivity index (χ0) is 13.3. The second-order valence-corrected chi connectivity index (χ2v) is 6.79. The van der Waals surface area contributed by atoms with E-state index in [1.165, 1.54) is 3.57 Å². The average molecular weight is 485 g/mol. The van der Waals surface area contributed by atoms with Gasteiger partial charge in [0.2, 0.25) is 0 Å². The number of aromatic nitrogens is 2. The van der Waals surface area contributed by atoms with Gasteiger partial charge in [-0.05, 0) is 69.2 Å². The van der Waals surface area contributed by atoms with Crippen LogP contribution in [0.2, 0.25) is 0 Å². The standard InChI is InChI=1S/C12H12Br2IN3/c1-2-18-12(10(14)6-17-18)11(16)8-5-7(15)3-4-9(8)13/h3-6,11H,2,16H2,1H3. The van der Waals surface area contributed by atoms with Crippen LogP contribution < -0.4 is 5.73 Å². The average Bonchev–Trinajstić information content (AvgIpc) is 2.72. The number of nitrogens with two attached hydrogens (primary N) is 1. The van der Waals surface area contributed by atoms with E-state index in [9.17, 15) is 0 Å². The van der Waals surface area contributed by atoms with Crippen LogP contribution in [-0.4, -0.2) is 9.78 Å². The van der Waals surface area contributed by atoms with Crippen LogP contribution in [0.3, 0.4) is 0 Å². The monoisotopic (exact) mass is 483 g/mol. The van der Waals surface area contributed by atoms with Gasteiger partial charge in [-0.1, -0.05) is 15.9 Å². The number of rotatable bonds is 3. The predicted octanol–water partition coefficient (Wildman–Crippen LogP) is 4.08. The molecule has 1 aromatic carbocycles. The normalized spacial score (nSPS) is 12.7. The first-order chi connectivity index (χ1) is 8.54. The van der Waals surface area contributed by atoms with Crippen molar-refractivity contribution in [3.8, 4) is 0 Å². The highest BCUT2D eigenvalue weighted by Crippen LogP contribution is 2.31. The largest absolute Gasteiger partial charge is 0.319 e. The van der Waals surface area contributed by atoms with Crippen molar-refractivity contribution >= 4 is 54.5 Å². The van der Waals surface area contributed by atoms with Gasteiger partial charge in [-0.25, -0.2) is 0 Å². The number of halogens is 3. The van der Waals surface area contributed by atoms with E-state index < -0.39 is 0 Å². The van der Waals surface area contributed by atoms with E-state index in [0.29, 0.717) is 0 Å². The van der Waals surface area contributed by atoms with Crippen molar-refractivity contribution < 1.29 is 0 Å².